The van der Waals surface area contributed by atoms with Crippen molar-refractivity contribution in [2.75, 3.05) is 25.9 Å². The van der Waals surface area contributed by atoms with Crippen molar-refractivity contribution in [3.05, 3.63) is 22.2 Å². The molecule has 0 amide bonds. The number of alkyl halides is 1. The molecule has 0 spiro atoms. The van der Waals surface area contributed by atoms with E-state index in [2.05, 4.69) is 4.98 Å². The van der Waals surface area contributed by atoms with Gasteiger partial charge in [-0.15, -0.1) is 0 Å². The molecule has 16 heteroatoms. The highest BCUT2D eigenvalue weighted by Crippen LogP contribution is 2.41. The van der Waals surface area contributed by atoms with E-state index in [9.17, 15) is 18.8 Å². The van der Waals surface area contributed by atoms with Gasteiger partial charge >= 0.3 is 26.6 Å². The highest BCUT2D eigenvalue weighted by molar-refractivity contribution is 7.41. The maximum atomic E-state index is 14.8. The van der Waals surface area contributed by atoms with Gasteiger partial charge in [0.1, 0.15) is 12.0 Å². The monoisotopic (exact) mass is 553 g/mol. The Labute approximate surface area is 214 Å². The molecule has 1 fully saturated rings. The van der Waals surface area contributed by atoms with Gasteiger partial charge < -0.3 is 33.9 Å². The van der Waals surface area contributed by atoms with Gasteiger partial charge in [0.05, 0.1) is 24.9 Å². The van der Waals surface area contributed by atoms with E-state index in [1.54, 1.807) is 27.7 Å². The minimum atomic E-state index is -2.25. The zero-order valence-electron chi connectivity index (χ0n) is 21.3. The van der Waals surface area contributed by atoms with Crippen molar-refractivity contribution in [2.45, 2.75) is 78.2 Å². The number of halogens is 1. The summed E-state index contributed by atoms with van der Waals surface area (Å²) in [5.74, 6) is 0.0796. The van der Waals surface area contributed by atoms with Gasteiger partial charge in [-0.1, -0.05) is 6.92 Å². The quantitative estimate of drug-likeness (QED) is 0.215. The number of carbonyl (C=O) groups excluding carboxylic acids is 2. The summed E-state index contributed by atoms with van der Waals surface area (Å²) in [6, 6.07) is 0. The van der Waals surface area contributed by atoms with Crippen molar-refractivity contribution in [1.82, 2.24) is 9.55 Å². The van der Waals surface area contributed by atoms with E-state index in [-0.39, 0.29) is 18.8 Å². The number of nitrogen functional groups attached to an aromatic ring is 1. The number of rotatable bonds is 13. The van der Waals surface area contributed by atoms with Crippen LogP contribution in [0.15, 0.2) is 11.0 Å². The number of hydrogen-bond donors (Lipinski definition) is 1. The zero-order chi connectivity index (χ0) is 27.5. The average molecular weight is 553 g/mol. The van der Waals surface area contributed by atoms with E-state index in [4.69, 9.17) is 43.0 Å². The van der Waals surface area contributed by atoms with Crippen LogP contribution in [0, 0.1) is 0 Å². The first-order valence-corrected chi connectivity index (χ1v) is 12.6. The Bertz CT molecular complexity index is 921. The summed E-state index contributed by atoms with van der Waals surface area (Å²) >= 11 is 0. The summed E-state index contributed by atoms with van der Waals surface area (Å²) in [6.07, 6.45) is -4.48. The van der Waals surface area contributed by atoms with E-state index >= 15 is 0 Å². The maximum Gasteiger partial charge on any atom is 0.510 e. The molecule has 3 unspecified atom stereocenters. The summed E-state index contributed by atoms with van der Waals surface area (Å²) in [6.45, 7) is 6.96. The minimum absolute atomic E-state index is 0.0796. The van der Waals surface area contributed by atoms with Crippen LogP contribution in [-0.2, 0) is 43.7 Å². The molecule has 0 aliphatic carbocycles. The molecule has 0 radical (unpaired) electrons. The molecule has 1 saturated heterocycles. The van der Waals surface area contributed by atoms with Gasteiger partial charge in [0.25, 0.3) is 0 Å². The lowest BCUT2D eigenvalue weighted by Gasteiger charge is -2.20. The van der Waals surface area contributed by atoms with Crippen LogP contribution < -0.4 is 11.4 Å². The van der Waals surface area contributed by atoms with E-state index < -0.39 is 70.9 Å². The second-order valence-electron chi connectivity index (χ2n) is 8.23. The fraction of sp³-hybridized carbons (Fsp3) is 0.714. The average Bonchev–Trinajstić information content (AvgIpc) is 3.16. The second-order valence-corrected chi connectivity index (χ2v) is 9.45. The van der Waals surface area contributed by atoms with E-state index in [1.165, 1.54) is 6.20 Å². The highest BCUT2D eigenvalue weighted by Gasteiger charge is 2.38. The Kier molecular flexibility index (Phi) is 12.4. The Hall–Kier alpha value is -2.58. The number of hydrogen-bond acceptors (Lipinski definition) is 13. The van der Waals surface area contributed by atoms with Crippen LogP contribution in [-0.4, -0.2) is 66.5 Å². The minimum Gasteiger partial charge on any atom is -0.432 e. The van der Waals surface area contributed by atoms with Crippen LogP contribution in [0.2, 0.25) is 0 Å². The zero-order valence-corrected chi connectivity index (χ0v) is 22.2. The van der Waals surface area contributed by atoms with Crippen LogP contribution >= 0.6 is 8.60 Å². The Morgan fingerprint density at radius 3 is 2.22 bits per heavy atom. The Morgan fingerprint density at radius 1 is 1.14 bits per heavy atom. The SMILES string of the molecule is CCc1cn(C2OC(COP(OCOC(=O)OC(C)C)OCOC(=O)OC(C)C)CC2F)c(=O)nc1N. The molecule has 2 rings (SSSR count). The first-order chi connectivity index (χ1) is 17.5. The number of carbonyl (C=O) groups is 2. The summed E-state index contributed by atoms with van der Waals surface area (Å²) in [5, 5.41) is 0. The third-order valence-corrected chi connectivity index (χ3v) is 5.54. The van der Waals surface area contributed by atoms with Crippen LogP contribution in [0.5, 0.6) is 0 Å². The molecular formula is C21H33FN3O11P. The fourth-order valence-corrected chi connectivity index (χ4v) is 3.76. The summed E-state index contributed by atoms with van der Waals surface area (Å²) in [7, 11) is -2.25. The van der Waals surface area contributed by atoms with Gasteiger partial charge in [0.15, 0.2) is 6.23 Å². The molecule has 2 heterocycles. The van der Waals surface area contributed by atoms with Gasteiger partial charge in [-0.3, -0.25) is 13.6 Å². The molecule has 0 bridgehead atoms. The van der Waals surface area contributed by atoms with Crippen LogP contribution in [0.1, 0.15) is 52.8 Å². The number of aromatic nitrogens is 2. The normalized spacial score (nSPS) is 19.4. The first kappa shape index (κ1) is 30.6. The van der Waals surface area contributed by atoms with Gasteiger partial charge in [0, 0.05) is 18.2 Å². The largest absolute Gasteiger partial charge is 0.510 e. The van der Waals surface area contributed by atoms with Crippen molar-refractivity contribution >= 4 is 26.7 Å². The second kappa shape index (κ2) is 15.0. The Balaban J connectivity index is 1.94. The number of ether oxygens (including phenoxy) is 5. The smallest absolute Gasteiger partial charge is 0.432 e. The molecule has 37 heavy (non-hydrogen) atoms. The van der Waals surface area contributed by atoms with Gasteiger partial charge in [-0.05, 0) is 34.1 Å². The molecule has 3 atom stereocenters. The van der Waals surface area contributed by atoms with Gasteiger partial charge in [-0.2, -0.15) is 4.98 Å². The van der Waals surface area contributed by atoms with Crippen molar-refractivity contribution in [1.29, 1.82) is 0 Å². The molecule has 1 aromatic heterocycles. The summed E-state index contributed by atoms with van der Waals surface area (Å²) < 4.78 is 56.7. The van der Waals surface area contributed by atoms with Crippen molar-refractivity contribution < 1.29 is 51.2 Å². The highest BCUT2D eigenvalue weighted by atomic mass is 31.2. The van der Waals surface area contributed by atoms with Crippen molar-refractivity contribution in [3.63, 3.8) is 0 Å². The van der Waals surface area contributed by atoms with Crippen molar-refractivity contribution in [3.8, 4) is 0 Å². The van der Waals surface area contributed by atoms with E-state index in [0.717, 1.165) is 4.57 Å². The molecule has 2 N–H and O–H groups in total. The van der Waals surface area contributed by atoms with Crippen LogP contribution in [0.25, 0.3) is 0 Å². The van der Waals surface area contributed by atoms with Gasteiger partial charge in [0.2, 0.25) is 13.6 Å². The molecule has 1 aliphatic rings. The van der Waals surface area contributed by atoms with Crippen LogP contribution in [0.4, 0.5) is 19.8 Å². The summed E-state index contributed by atoms with van der Waals surface area (Å²) in [5.41, 5.74) is 5.56. The molecule has 0 aromatic carbocycles. The number of nitrogens with two attached hydrogens (primary N) is 1. The van der Waals surface area contributed by atoms with Gasteiger partial charge in [-0.25, -0.2) is 18.8 Å². The first-order valence-electron chi connectivity index (χ1n) is 11.5. The van der Waals surface area contributed by atoms with Crippen LogP contribution in [0.3, 0.4) is 0 Å². The Morgan fingerprint density at radius 2 is 1.70 bits per heavy atom. The third-order valence-electron chi connectivity index (χ3n) is 4.54. The predicted octanol–water partition coefficient (Wildman–Crippen LogP) is 3.33. The lowest BCUT2D eigenvalue weighted by atomic mass is 10.2. The molecular weight excluding hydrogens is 520 g/mol. The lowest BCUT2D eigenvalue weighted by Crippen LogP contribution is -2.31. The van der Waals surface area contributed by atoms with E-state index in [0.29, 0.717) is 12.0 Å². The predicted molar refractivity (Wildman–Crippen MR) is 126 cm³/mol. The topological polar surface area (TPSA) is 169 Å². The number of aryl methyl sites for hydroxylation is 1. The molecule has 0 saturated carbocycles. The maximum absolute atomic E-state index is 14.8. The molecule has 1 aromatic rings. The van der Waals surface area contributed by atoms with E-state index in [1.807, 2.05) is 6.92 Å². The summed E-state index contributed by atoms with van der Waals surface area (Å²) in [4.78, 5) is 39.0. The number of anilines is 1. The molecule has 1 aliphatic heterocycles. The standard InChI is InChI=1S/C21H33FN3O11P/c1-6-14-8-25(19(26)24-17(14)23)18-16(22)7-15(36-18)9-31-37(32-10-29-20(27)34-12(2)3)33-11-30-21(28)35-13(4)5/h8,12-13,15-16,18H,6-7,9-11H2,1-5H3,(H2,23,24,26). The molecule has 210 valence electrons. The molecule has 14 nitrogen and oxygen atoms in total. The lowest BCUT2D eigenvalue weighted by molar-refractivity contribution is -0.0528. The number of nitrogens with zero attached hydrogens (tertiary/aromatic N) is 2. The third kappa shape index (κ3) is 10.4. The fourth-order valence-electron chi connectivity index (χ4n) is 2.97. The van der Waals surface area contributed by atoms with Crippen molar-refractivity contribution in [2.24, 2.45) is 0 Å².